The number of amides is 1. The van der Waals surface area contributed by atoms with Gasteiger partial charge in [-0.1, -0.05) is 13.8 Å². The number of nitrogens with zero attached hydrogens (tertiary/aromatic N) is 1. The van der Waals surface area contributed by atoms with E-state index in [4.69, 9.17) is 4.74 Å². The van der Waals surface area contributed by atoms with Crippen LogP contribution in [0.25, 0.3) is 0 Å². The largest absolute Gasteiger partial charge is 0.383 e. The van der Waals surface area contributed by atoms with Crippen molar-refractivity contribution in [1.82, 2.24) is 10.2 Å². The fourth-order valence-electron chi connectivity index (χ4n) is 1.37. The molecule has 0 aliphatic carbocycles. The van der Waals surface area contributed by atoms with E-state index in [0.29, 0.717) is 6.61 Å². The molecular weight excluding hydrogens is 192 g/mol. The molecule has 0 fully saturated rings. The van der Waals surface area contributed by atoms with Crippen molar-refractivity contribution in [3.05, 3.63) is 0 Å². The van der Waals surface area contributed by atoms with Gasteiger partial charge in [-0.15, -0.1) is 0 Å². The fourth-order valence-corrected chi connectivity index (χ4v) is 1.37. The van der Waals surface area contributed by atoms with E-state index < -0.39 is 0 Å². The molecule has 2 unspecified atom stereocenters. The van der Waals surface area contributed by atoms with Crippen LogP contribution in [0.3, 0.4) is 0 Å². The van der Waals surface area contributed by atoms with Crippen LogP contribution in [-0.2, 0) is 9.53 Å². The number of likely N-dealkylation sites (N-methyl/N-ethyl adjacent to an activating group) is 1. The van der Waals surface area contributed by atoms with Crippen molar-refractivity contribution in [1.29, 1.82) is 0 Å². The summed E-state index contributed by atoms with van der Waals surface area (Å²) in [6.45, 7) is 8.18. The highest BCUT2D eigenvalue weighted by Crippen LogP contribution is 2.04. The molecule has 0 bridgehead atoms. The Morgan fingerprint density at radius 2 is 2.07 bits per heavy atom. The van der Waals surface area contributed by atoms with Crippen molar-refractivity contribution in [2.24, 2.45) is 5.92 Å². The highest BCUT2D eigenvalue weighted by atomic mass is 16.5. The highest BCUT2D eigenvalue weighted by Gasteiger charge is 2.20. The second-order valence-corrected chi connectivity index (χ2v) is 3.96. The predicted molar refractivity (Wildman–Crippen MR) is 61.8 cm³/mol. The van der Waals surface area contributed by atoms with Gasteiger partial charge in [0, 0.05) is 26.6 Å². The highest BCUT2D eigenvalue weighted by molar-refractivity contribution is 5.78. The number of nitrogens with one attached hydrogen (secondary N) is 1. The molecule has 0 heterocycles. The second-order valence-electron chi connectivity index (χ2n) is 3.96. The Hall–Kier alpha value is -0.610. The van der Waals surface area contributed by atoms with Gasteiger partial charge in [0.1, 0.15) is 0 Å². The summed E-state index contributed by atoms with van der Waals surface area (Å²) in [6, 6.07) is 0.131. The lowest BCUT2D eigenvalue weighted by atomic mass is 10.1. The van der Waals surface area contributed by atoms with Gasteiger partial charge < -0.3 is 15.0 Å². The quantitative estimate of drug-likeness (QED) is 0.682. The van der Waals surface area contributed by atoms with Crippen molar-refractivity contribution in [3.8, 4) is 0 Å². The molecule has 0 rings (SSSR count). The van der Waals surface area contributed by atoms with Crippen molar-refractivity contribution >= 4 is 5.91 Å². The molecule has 0 aromatic heterocycles. The zero-order chi connectivity index (χ0) is 11.8. The van der Waals surface area contributed by atoms with E-state index in [1.165, 1.54) is 0 Å². The number of carbonyl (C=O) groups is 1. The summed E-state index contributed by atoms with van der Waals surface area (Å²) in [7, 11) is 3.48. The smallest absolute Gasteiger partial charge is 0.226 e. The van der Waals surface area contributed by atoms with E-state index in [2.05, 4.69) is 5.32 Å². The molecule has 0 spiro atoms. The molecule has 0 radical (unpaired) electrons. The molecule has 0 aromatic rings. The summed E-state index contributed by atoms with van der Waals surface area (Å²) in [6.07, 6.45) is 0. The summed E-state index contributed by atoms with van der Waals surface area (Å²) >= 11 is 0. The Kier molecular flexibility index (Phi) is 7.34. The lowest BCUT2D eigenvalue weighted by Crippen LogP contribution is -2.43. The van der Waals surface area contributed by atoms with Crippen LogP contribution in [0, 0.1) is 5.92 Å². The summed E-state index contributed by atoms with van der Waals surface area (Å²) < 4.78 is 5.03. The number of ether oxygens (including phenoxy) is 1. The summed E-state index contributed by atoms with van der Waals surface area (Å²) in [5.41, 5.74) is 0. The van der Waals surface area contributed by atoms with Crippen molar-refractivity contribution in [2.75, 3.05) is 33.9 Å². The molecule has 2 atom stereocenters. The van der Waals surface area contributed by atoms with Crippen LogP contribution in [0.4, 0.5) is 0 Å². The van der Waals surface area contributed by atoms with E-state index in [9.17, 15) is 4.79 Å². The molecule has 0 aliphatic rings. The number of methoxy groups -OCH3 is 1. The lowest BCUT2D eigenvalue weighted by molar-refractivity contribution is -0.136. The topological polar surface area (TPSA) is 41.6 Å². The number of carbonyl (C=O) groups excluding carboxylic acids is 1. The molecule has 0 aromatic carbocycles. The van der Waals surface area contributed by atoms with Gasteiger partial charge in [0.2, 0.25) is 5.91 Å². The number of hydrogen-bond donors (Lipinski definition) is 1. The van der Waals surface area contributed by atoms with Crippen LogP contribution >= 0.6 is 0 Å². The SMILES string of the molecule is CCNCC(C)C(=O)N(C)C(C)COC. The zero-order valence-corrected chi connectivity index (χ0v) is 10.5. The van der Waals surface area contributed by atoms with Crippen molar-refractivity contribution in [2.45, 2.75) is 26.8 Å². The summed E-state index contributed by atoms with van der Waals surface area (Å²) in [4.78, 5) is 13.7. The van der Waals surface area contributed by atoms with Crippen LogP contribution < -0.4 is 5.32 Å². The molecule has 0 aliphatic heterocycles. The van der Waals surface area contributed by atoms with Gasteiger partial charge in [0.25, 0.3) is 0 Å². The normalized spacial score (nSPS) is 14.7. The van der Waals surface area contributed by atoms with Gasteiger partial charge in [-0.3, -0.25) is 4.79 Å². The van der Waals surface area contributed by atoms with Crippen molar-refractivity contribution in [3.63, 3.8) is 0 Å². The Morgan fingerprint density at radius 3 is 2.53 bits per heavy atom. The van der Waals surface area contributed by atoms with Gasteiger partial charge in [-0.25, -0.2) is 0 Å². The van der Waals surface area contributed by atoms with E-state index >= 15 is 0 Å². The Bertz CT molecular complexity index is 185. The van der Waals surface area contributed by atoms with E-state index in [1.807, 2.05) is 27.8 Å². The third-order valence-corrected chi connectivity index (χ3v) is 2.54. The monoisotopic (exact) mass is 216 g/mol. The predicted octanol–water partition coefficient (Wildman–Crippen LogP) is 0.725. The fraction of sp³-hybridized carbons (Fsp3) is 0.909. The Morgan fingerprint density at radius 1 is 1.47 bits per heavy atom. The van der Waals surface area contributed by atoms with E-state index in [-0.39, 0.29) is 17.9 Å². The van der Waals surface area contributed by atoms with E-state index in [0.717, 1.165) is 13.1 Å². The third kappa shape index (κ3) is 5.14. The number of rotatable bonds is 7. The van der Waals surface area contributed by atoms with Crippen molar-refractivity contribution < 1.29 is 9.53 Å². The summed E-state index contributed by atoms with van der Waals surface area (Å²) in [5.74, 6) is 0.190. The minimum atomic E-state index is 0.0225. The minimum Gasteiger partial charge on any atom is -0.383 e. The Balaban J connectivity index is 4.05. The molecule has 90 valence electrons. The molecule has 1 N–H and O–H groups in total. The molecule has 1 amide bonds. The van der Waals surface area contributed by atoms with Gasteiger partial charge in [0.05, 0.1) is 12.6 Å². The zero-order valence-electron chi connectivity index (χ0n) is 10.5. The maximum Gasteiger partial charge on any atom is 0.226 e. The maximum atomic E-state index is 11.9. The average Bonchev–Trinajstić information content (AvgIpc) is 2.24. The molecule has 4 nitrogen and oxygen atoms in total. The van der Waals surface area contributed by atoms with Crippen LogP contribution in [0.1, 0.15) is 20.8 Å². The average molecular weight is 216 g/mol. The first kappa shape index (κ1) is 14.4. The molecule has 0 saturated heterocycles. The van der Waals surface area contributed by atoms with Crippen LogP contribution in [0.5, 0.6) is 0 Å². The maximum absolute atomic E-state index is 11.9. The van der Waals surface area contributed by atoms with Crippen LogP contribution in [-0.4, -0.2) is 50.7 Å². The second kappa shape index (κ2) is 7.65. The standard InChI is InChI=1S/C11H24N2O2/c1-6-12-7-9(2)11(14)13(4)10(3)8-15-5/h9-10,12H,6-8H2,1-5H3. The van der Waals surface area contributed by atoms with Gasteiger partial charge in [0.15, 0.2) is 0 Å². The minimum absolute atomic E-state index is 0.0225. The molecule has 15 heavy (non-hydrogen) atoms. The van der Waals surface area contributed by atoms with Crippen LogP contribution in [0.2, 0.25) is 0 Å². The van der Waals surface area contributed by atoms with Gasteiger partial charge in [-0.05, 0) is 13.5 Å². The molecule has 0 saturated carbocycles. The third-order valence-electron chi connectivity index (χ3n) is 2.54. The van der Waals surface area contributed by atoms with Gasteiger partial charge in [-0.2, -0.15) is 0 Å². The summed E-state index contributed by atoms with van der Waals surface area (Å²) in [5, 5.41) is 3.18. The molecule has 4 heteroatoms. The molecular formula is C11H24N2O2. The first-order valence-corrected chi connectivity index (χ1v) is 5.50. The lowest BCUT2D eigenvalue weighted by Gasteiger charge is -2.27. The van der Waals surface area contributed by atoms with E-state index in [1.54, 1.807) is 12.0 Å². The van der Waals surface area contributed by atoms with Crippen LogP contribution in [0.15, 0.2) is 0 Å². The Labute approximate surface area is 93.0 Å². The first-order chi connectivity index (χ1) is 7.04. The van der Waals surface area contributed by atoms with Gasteiger partial charge >= 0.3 is 0 Å². The number of hydrogen-bond acceptors (Lipinski definition) is 3. The first-order valence-electron chi connectivity index (χ1n) is 5.50.